The number of ether oxygens (including phenoxy) is 1. The molecule has 9 rings (SSSR count). The van der Waals surface area contributed by atoms with Crippen LogP contribution in [0.3, 0.4) is 0 Å². The summed E-state index contributed by atoms with van der Waals surface area (Å²) in [6, 6.07) is 23.9. The third-order valence-corrected chi connectivity index (χ3v) is 12.7. The second kappa shape index (κ2) is 14.5. The predicted octanol–water partition coefficient (Wildman–Crippen LogP) is 4.48. The molecule has 296 valence electrons. The maximum atomic E-state index is 16.2. The van der Waals surface area contributed by atoms with E-state index in [0.29, 0.717) is 39.7 Å². The van der Waals surface area contributed by atoms with E-state index in [-0.39, 0.29) is 66.5 Å². The molecular formula is C42H37FN6O8S. The Balaban J connectivity index is 0.890. The normalized spacial score (nSPS) is 19.5. The number of imide groups is 1. The number of nitrogens with zero attached hydrogens (tertiary/aromatic N) is 3. The van der Waals surface area contributed by atoms with Crippen molar-refractivity contribution in [2.24, 2.45) is 0 Å². The van der Waals surface area contributed by atoms with Gasteiger partial charge in [0, 0.05) is 28.4 Å². The van der Waals surface area contributed by atoms with Crippen LogP contribution < -0.4 is 29.3 Å². The van der Waals surface area contributed by atoms with Crippen LogP contribution in [0.5, 0.6) is 5.75 Å². The van der Waals surface area contributed by atoms with Crippen LogP contribution in [0.1, 0.15) is 53.1 Å². The molecule has 4 aliphatic rings. The van der Waals surface area contributed by atoms with Gasteiger partial charge in [0.1, 0.15) is 30.6 Å². The van der Waals surface area contributed by atoms with Crippen molar-refractivity contribution >= 4 is 78.4 Å². The van der Waals surface area contributed by atoms with E-state index < -0.39 is 40.4 Å². The van der Waals surface area contributed by atoms with Gasteiger partial charge >= 0.3 is 10.2 Å². The van der Waals surface area contributed by atoms with Gasteiger partial charge in [-0.05, 0) is 96.6 Å². The van der Waals surface area contributed by atoms with Crippen LogP contribution in [-0.2, 0) is 36.0 Å². The molecule has 5 aromatic rings. The summed E-state index contributed by atoms with van der Waals surface area (Å²) in [5.74, 6) is -2.92. The molecule has 0 spiro atoms. The van der Waals surface area contributed by atoms with Gasteiger partial charge in [-0.1, -0.05) is 48.5 Å². The van der Waals surface area contributed by atoms with Gasteiger partial charge < -0.3 is 10.1 Å². The maximum Gasteiger partial charge on any atom is 0.326 e. The zero-order valence-corrected chi connectivity index (χ0v) is 31.8. The summed E-state index contributed by atoms with van der Waals surface area (Å²) in [5.41, 5.74) is 3.09. The molecule has 14 nitrogen and oxygen atoms in total. The molecule has 0 bridgehead atoms. The molecule has 4 aliphatic heterocycles. The first-order valence-corrected chi connectivity index (χ1v) is 20.4. The molecule has 0 aliphatic carbocycles. The Bertz CT molecular complexity index is 2690. The molecule has 0 aromatic heterocycles. The number of hydrogen-bond donors (Lipinski definition) is 3. The molecule has 3 fully saturated rings. The standard InChI is InChI=1S/C42H37FN6O8S/c43-39-29-10-9-27(19-26(29)20-34(57-23-24-5-2-1-3-6-24)40(39)48-22-37(52)46-58(48,55)56)44-36(51)21-47-17-15-25(16-18-47)28-11-12-32-38-30(28)7-4-8-31(38)42(54)49(32)33-13-14-35(50)45-41(33)53/h1-12,19-20,25,33H,13-18,21-23H2,(H,44,51)(H,46,52)(H,45,50,53). The molecule has 1 atom stereocenters. The minimum absolute atomic E-state index is 0.00652. The summed E-state index contributed by atoms with van der Waals surface area (Å²) < 4.78 is 50.3. The summed E-state index contributed by atoms with van der Waals surface area (Å²) in [5, 5.41) is 7.46. The minimum Gasteiger partial charge on any atom is -0.487 e. The number of hydrogen-bond acceptors (Lipinski definition) is 9. The Hall–Kier alpha value is -6.39. The zero-order valence-electron chi connectivity index (χ0n) is 31.0. The number of halogens is 1. The Kier molecular flexibility index (Phi) is 9.32. The van der Waals surface area contributed by atoms with Crippen LogP contribution >= 0.6 is 0 Å². The topological polar surface area (TPSA) is 175 Å². The molecule has 3 saturated heterocycles. The Morgan fingerprint density at radius 1 is 0.879 bits per heavy atom. The number of piperidine rings is 2. The summed E-state index contributed by atoms with van der Waals surface area (Å²) in [7, 11) is -4.35. The van der Waals surface area contributed by atoms with Crippen molar-refractivity contribution in [1.29, 1.82) is 0 Å². The fourth-order valence-corrected chi connectivity index (χ4v) is 9.72. The number of benzene rings is 5. The van der Waals surface area contributed by atoms with Crippen LogP contribution in [-0.4, -0.2) is 75.1 Å². The summed E-state index contributed by atoms with van der Waals surface area (Å²) in [6.07, 6.45) is 1.98. The highest BCUT2D eigenvalue weighted by Crippen LogP contribution is 2.44. The van der Waals surface area contributed by atoms with Crippen molar-refractivity contribution in [3.63, 3.8) is 0 Å². The lowest BCUT2D eigenvalue weighted by molar-refractivity contribution is -0.134. The van der Waals surface area contributed by atoms with E-state index >= 15 is 4.39 Å². The lowest BCUT2D eigenvalue weighted by Crippen LogP contribution is -2.53. The predicted molar refractivity (Wildman–Crippen MR) is 213 cm³/mol. The van der Waals surface area contributed by atoms with Crippen molar-refractivity contribution in [2.45, 2.75) is 44.2 Å². The largest absolute Gasteiger partial charge is 0.487 e. The van der Waals surface area contributed by atoms with Gasteiger partial charge in [0.05, 0.1) is 12.2 Å². The fourth-order valence-electron chi connectivity index (χ4n) is 8.56. The summed E-state index contributed by atoms with van der Waals surface area (Å²) in [6.45, 7) is 0.816. The first-order chi connectivity index (χ1) is 27.9. The molecule has 1 unspecified atom stereocenters. The second-order valence-electron chi connectivity index (χ2n) is 14.9. The lowest BCUT2D eigenvalue weighted by Gasteiger charge is -2.33. The van der Waals surface area contributed by atoms with Gasteiger partial charge in [0.15, 0.2) is 5.82 Å². The van der Waals surface area contributed by atoms with E-state index in [4.69, 9.17) is 4.74 Å². The molecule has 58 heavy (non-hydrogen) atoms. The Morgan fingerprint density at radius 3 is 2.41 bits per heavy atom. The quantitative estimate of drug-likeness (QED) is 0.182. The first kappa shape index (κ1) is 37.2. The van der Waals surface area contributed by atoms with Crippen molar-refractivity contribution in [2.75, 3.05) is 40.7 Å². The van der Waals surface area contributed by atoms with Crippen LogP contribution in [0.2, 0.25) is 0 Å². The molecular weight excluding hydrogens is 768 g/mol. The second-order valence-corrected chi connectivity index (χ2v) is 16.5. The van der Waals surface area contributed by atoms with Gasteiger partial charge in [0.25, 0.3) is 11.8 Å². The van der Waals surface area contributed by atoms with Crippen LogP contribution in [0, 0.1) is 5.82 Å². The van der Waals surface area contributed by atoms with Crippen LogP contribution in [0.25, 0.3) is 21.5 Å². The molecule has 5 amide bonds. The van der Waals surface area contributed by atoms with Crippen molar-refractivity contribution < 1.29 is 41.5 Å². The highest BCUT2D eigenvalue weighted by atomic mass is 32.2. The highest BCUT2D eigenvalue weighted by molar-refractivity contribution is 7.92. The molecule has 16 heteroatoms. The van der Waals surface area contributed by atoms with E-state index in [1.165, 1.54) is 23.1 Å². The molecule has 4 heterocycles. The van der Waals surface area contributed by atoms with E-state index in [9.17, 15) is 32.4 Å². The van der Waals surface area contributed by atoms with Crippen molar-refractivity contribution in [3.8, 4) is 5.75 Å². The lowest BCUT2D eigenvalue weighted by atomic mass is 9.85. The van der Waals surface area contributed by atoms with Crippen molar-refractivity contribution in [1.82, 2.24) is 14.9 Å². The summed E-state index contributed by atoms with van der Waals surface area (Å²) >= 11 is 0. The molecule has 5 aromatic carbocycles. The smallest absolute Gasteiger partial charge is 0.326 e. The number of carbonyl (C=O) groups is 5. The Morgan fingerprint density at radius 2 is 1.67 bits per heavy atom. The SMILES string of the molecule is O=C1CCC(N2C(=O)c3cccc4c(C5CCN(CC(=O)Nc6ccc7c(F)c(N8CC(=O)NS8(=O)=O)c(OCc8ccccc8)cc7c6)CC5)ccc2c34)C(=O)N1. The number of anilines is 3. The highest BCUT2D eigenvalue weighted by Gasteiger charge is 2.42. The minimum atomic E-state index is -4.35. The van der Waals surface area contributed by atoms with Gasteiger partial charge in [-0.25, -0.2) is 13.4 Å². The van der Waals surface area contributed by atoms with Crippen LogP contribution in [0.15, 0.2) is 84.9 Å². The fraction of sp³-hybridized carbons (Fsp3) is 0.262. The monoisotopic (exact) mass is 804 g/mol. The maximum absolute atomic E-state index is 16.2. The number of carbonyl (C=O) groups excluding carboxylic acids is 5. The molecule has 3 N–H and O–H groups in total. The average molecular weight is 805 g/mol. The molecule has 0 saturated carbocycles. The number of likely N-dealkylation sites (tertiary alicyclic amines) is 1. The van der Waals surface area contributed by atoms with Gasteiger partial charge in [-0.3, -0.25) is 39.1 Å². The van der Waals surface area contributed by atoms with E-state index in [1.807, 2.05) is 59.3 Å². The van der Waals surface area contributed by atoms with Gasteiger partial charge in [-0.15, -0.1) is 0 Å². The number of fused-ring (bicyclic) bond motifs is 1. The average Bonchev–Trinajstić information content (AvgIpc) is 3.65. The third-order valence-electron chi connectivity index (χ3n) is 11.3. The van der Waals surface area contributed by atoms with Crippen molar-refractivity contribution in [3.05, 3.63) is 107 Å². The number of amides is 5. The van der Waals surface area contributed by atoms with E-state index in [2.05, 4.69) is 15.5 Å². The zero-order chi connectivity index (χ0) is 40.3. The first-order valence-electron chi connectivity index (χ1n) is 19.0. The summed E-state index contributed by atoms with van der Waals surface area (Å²) in [4.78, 5) is 67.1. The van der Waals surface area contributed by atoms with Crippen LogP contribution in [0.4, 0.5) is 21.5 Å². The third kappa shape index (κ3) is 6.67. The van der Waals surface area contributed by atoms with E-state index in [1.54, 1.807) is 12.1 Å². The van der Waals surface area contributed by atoms with Gasteiger partial charge in [-0.2, -0.15) is 8.42 Å². The molecule has 0 radical (unpaired) electrons. The van der Waals surface area contributed by atoms with Gasteiger partial charge in [0.2, 0.25) is 17.7 Å². The van der Waals surface area contributed by atoms with E-state index in [0.717, 1.165) is 34.7 Å². The Labute approximate surface area is 332 Å². The number of nitrogens with one attached hydrogen (secondary N) is 3. The number of rotatable bonds is 9.